The summed E-state index contributed by atoms with van der Waals surface area (Å²) in [6.45, 7) is 2.54. The molecule has 2 aromatic rings. The number of morpholine rings is 1. The molecule has 2 saturated heterocycles. The van der Waals surface area contributed by atoms with E-state index >= 15 is 0 Å². The number of carbonyl (C=O) groups is 1. The Morgan fingerprint density at radius 2 is 1.84 bits per heavy atom. The smallest absolute Gasteiger partial charge is 0.243 e. The zero-order chi connectivity index (χ0) is 22.3. The van der Waals surface area contributed by atoms with E-state index in [1.807, 2.05) is 24.3 Å². The second-order valence-electron chi connectivity index (χ2n) is 8.60. The van der Waals surface area contributed by atoms with Crippen LogP contribution in [0.1, 0.15) is 12.0 Å². The predicted molar refractivity (Wildman–Crippen MR) is 118 cm³/mol. The molecule has 32 heavy (non-hydrogen) atoms. The van der Waals surface area contributed by atoms with Gasteiger partial charge in [-0.1, -0.05) is 24.3 Å². The van der Waals surface area contributed by atoms with E-state index in [4.69, 9.17) is 4.74 Å². The molecular formula is C23H24N4O4S. The minimum absolute atomic E-state index is 0.0523. The lowest BCUT2D eigenvalue weighted by Gasteiger charge is -2.33. The Balaban J connectivity index is 1.43. The number of benzene rings is 2. The Bertz CT molecular complexity index is 1220. The van der Waals surface area contributed by atoms with Crippen molar-refractivity contribution >= 4 is 21.6 Å². The second kappa shape index (κ2) is 7.89. The van der Waals surface area contributed by atoms with Crippen LogP contribution >= 0.6 is 0 Å². The number of hydrogen-bond acceptors (Lipinski definition) is 6. The Labute approximate surface area is 187 Å². The number of hydrogen-bond donors (Lipinski definition) is 1. The molecule has 2 fully saturated rings. The molecule has 8 nitrogen and oxygen atoms in total. The number of ether oxygens (including phenoxy) is 1. The molecule has 1 unspecified atom stereocenters. The number of rotatable bonds is 3. The van der Waals surface area contributed by atoms with Gasteiger partial charge in [-0.15, -0.1) is 0 Å². The first-order valence-corrected chi connectivity index (χ1v) is 12.1. The zero-order valence-corrected chi connectivity index (χ0v) is 18.4. The van der Waals surface area contributed by atoms with Crippen LogP contribution in [-0.4, -0.2) is 62.9 Å². The van der Waals surface area contributed by atoms with Gasteiger partial charge in [0.1, 0.15) is 0 Å². The highest BCUT2D eigenvalue weighted by Crippen LogP contribution is 2.41. The minimum atomic E-state index is -3.59. The first-order valence-electron chi connectivity index (χ1n) is 10.7. The number of carbonyl (C=O) groups excluding carboxylic acids is 1. The van der Waals surface area contributed by atoms with E-state index in [0.717, 1.165) is 22.4 Å². The third kappa shape index (κ3) is 3.54. The van der Waals surface area contributed by atoms with Gasteiger partial charge in [0.05, 0.1) is 23.5 Å². The molecule has 166 valence electrons. The van der Waals surface area contributed by atoms with E-state index in [1.54, 1.807) is 23.1 Å². The van der Waals surface area contributed by atoms with Crippen molar-refractivity contribution in [1.29, 1.82) is 5.26 Å². The lowest BCUT2D eigenvalue weighted by molar-refractivity contribution is -0.125. The standard InChI is InChI=1S/C23H24N4O4S/c24-16-26-7-6-23(15-26)14-19-5-4-18(13-21(19)25-22(23)28)17-2-1-3-20(12-17)32(29,30)27-8-10-31-11-9-27/h1-5,12-13H,6-11,14-15H2,(H,25,28). The van der Waals surface area contributed by atoms with Gasteiger partial charge in [0, 0.05) is 31.9 Å². The largest absolute Gasteiger partial charge is 0.379 e. The summed E-state index contributed by atoms with van der Waals surface area (Å²) in [6.07, 6.45) is 3.40. The molecule has 3 aliphatic heterocycles. The van der Waals surface area contributed by atoms with Crippen LogP contribution in [0.25, 0.3) is 11.1 Å². The van der Waals surface area contributed by atoms with E-state index in [2.05, 4.69) is 11.5 Å². The van der Waals surface area contributed by atoms with Crippen LogP contribution in [-0.2, 0) is 26.0 Å². The Morgan fingerprint density at radius 1 is 1.06 bits per heavy atom. The van der Waals surface area contributed by atoms with Crippen LogP contribution in [0.5, 0.6) is 0 Å². The fourth-order valence-corrected chi connectivity index (χ4v) is 6.24. The SMILES string of the molecule is N#CN1CCC2(Cc3ccc(-c4cccc(S(=O)(=O)N5CCOCC5)c4)cc3NC2=O)C1. The summed E-state index contributed by atoms with van der Waals surface area (Å²) < 4.78 is 32.8. The Hall–Kier alpha value is -2.93. The summed E-state index contributed by atoms with van der Waals surface area (Å²) >= 11 is 0. The van der Waals surface area contributed by atoms with E-state index in [9.17, 15) is 18.5 Å². The predicted octanol–water partition coefficient (Wildman–Crippen LogP) is 2.04. The van der Waals surface area contributed by atoms with Crippen molar-refractivity contribution in [2.24, 2.45) is 5.41 Å². The maximum Gasteiger partial charge on any atom is 0.243 e. The average molecular weight is 453 g/mol. The van der Waals surface area contributed by atoms with Crippen molar-refractivity contribution in [3.8, 4) is 17.3 Å². The quantitative estimate of drug-likeness (QED) is 0.715. The van der Waals surface area contributed by atoms with Crippen LogP contribution in [0.15, 0.2) is 47.4 Å². The van der Waals surface area contributed by atoms with Crippen molar-refractivity contribution in [3.63, 3.8) is 0 Å². The lowest BCUT2D eigenvalue weighted by atomic mass is 9.76. The molecule has 9 heteroatoms. The highest BCUT2D eigenvalue weighted by Gasteiger charge is 2.47. The van der Waals surface area contributed by atoms with E-state index in [0.29, 0.717) is 52.2 Å². The number of nitrogens with one attached hydrogen (secondary N) is 1. The summed E-state index contributed by atoms with van der Waals surface area (Å²) in [5.41, 5.74) is 2.83. The van der Waals surface area contributed by atoms with E-state index in [1.165, 1.54) is 4.31 Å². The Morgan fingerprint density at radius 3 is 2.59 bits per heavy atom. The molecule has 0 saturated carbocycles. The molecule has 0 aliphatic carbocycles. The van der Waals surface area contributed by atoms with Crippen molar-refractivity contribution in [3.05, 3.63) is 48.0 Å². The fourth-order valence-electron chi connectivity index (χ4n) is 4.79. The van der Waals surface area contributed by atoms with Crippen LogP contribution in [0.3, 0.4) is 0 Å². The number of nitrogens with zero attached hydrogens (tertiary/aromatic N) is 3. The number of nitriles is 1. The summed E-state index contributed by atoms with van der Waals surface area (Å²) in [7, 11) is -3.59. The molecule has 1 spiro atoms. The molecule has 1 atom stereocenters. The van der Waals surface area contributed by atoms with Crippen molar-refractivity contribution in [2.75, 3.05) is 44.7 Å². The summed E-state index contributed by atoms with van der Waals surface area (Å²) in [4.78, 5) is 14.8. The molecule has 0 bridgehead atoms. The maximum absolute atomic E-state index is 13.0. The first kappa shape index (κ1) is 20.9. The van der Waals surface area contributed by atoms with Gasteiger partial charge in [0.2, 0.25) is 15.9 Å². The van der Waals surface area contributed by atoms with Crippen LogP contribution < -0.4 is 5.32 Å². The molecule has 5 rings (SSSR count). The maximum atomic E-state index is 13.0. The molecule has 1 amide bonds. The van der Waals surface area contributed by atoms with Gasteiger partial charge < -0.3 is 15.0 Å². The summed E-state index contributed by atoms with van der Waals surface area (Å²) in [5, 5.41) is 12.2. The fraction of sp³-hybridized carbons (Fsp3) is 0.391. The van der Waals surface area contributed by atoms with Gasteiger partial charge in [-0.3, -0.25) is 4.79 Å². The third-order valence-corrected chi connectivity index (χ3v) is 8.53. The van der Waals surface area contributed by atoms with Gasteiger partial charge in [-0.25, -0.2) is 8.42 Å². The number of fused-ring (bicyclic) bond motifs is 1. The third-order valence-electron chi connectivity index (χ3n) is 6.64. The Kier molecular flexibility index (Phi) is 5.16. The number of anilines is 1. The van der Waals surface area contributed by atoms with Crippen molar-refractivity contribution < 1.29 is 17.9 Å². The zero-order valence-electron chi connectivity index (χ0n) is 17.6. The molecule has 0 aromatic heterocycles. The van der Waals surface area contributed by atoms with Crippen molar-refractivity contribution in [2.45, 2.75) is 17.7 Å². The molecular weight excluding hydrogens is 428 g/mol. The molecule has 3 heterocycles. The number of sulfonamides is 1. The van der Waals surface area contributed by atoms with Gasteiger partial charge >= 0.3 is 0 Å². The number of likely N-dealkylation sites (tertiary alicyclic amines) is 1. The molecule has 3 aliphatic rings. The van der Waals surface area contributed by atoms with Crippen molar-refractivity contribution in [1.82, 2.24) is 9.21 Å². The topological polar surface area (TPSA) is 103 Å². The van der Waals surface area contributed by atoms with Gasteiger partial charge in [0.15, 0.2) is 6.19 Å². The highest BCUT2D eigenvalue weighted by molar-refractivity contribution is 7.89. The van der Waals surface area contributed by atoms with Gasteiger partial charge in [0.25, 0.3) is 0 Å². The van der Waals surface area contributed by atoms with E-state index in [-0.39, 0.29) is 10.8 Å². The van der Waals surface area contributed by atoms with Crippen LogP contribution in [0.2, 0.25) is 0 Å². The normalized spacial score (nSPS) is 23.6. The molecule has 2 aromatic carbocycles. The molecule has 0 radical (unpaired) electrons. The second-order valence-corrected chi connectivity index (χ2v) is 10.5. The first-order chi connectivity index (χ1) is 15.4. The highest BCUT2D eigenvalue weighted by atomic mass is 32.2. The van der Waals surface area contributed by atoms with Gasteiger partial charge in [-0.2, -0.15) is 9.57 Å². The molecule has 1 N–H and O–H groups in total. The summed E-state index contributed by atoms with van der Waals surface area (Å²) in [5.74, 6) is -0.0523. The lowest BCUT2D eigenvalue weighted by Crippen LogP contribution is -2.43. The van der Waals surface area contributed by atoms with Gasteiger partial charge in [-0.05, 0) is 47.7 Å². The monoisotopic (exact) mass is 452 g/mol. The van der Waals surface area contributed by atoms with E-state index < -0.39 is 15.4 Å². The van der Waals surface area contributed by atoms with Crippen LogP contribution in [0.4, 0.5) is 5.69 Å². The number of amides is 1. The minimum Gasteiger partial charge on any atom is -0.379 e. The van der Waals surface area contributed by atoms with Crippen LogP contribution in [0, 0.1) is 16.9 Å². The average Bonchev–Trinajstić information content (AvgIpc) is 3.24. The summed E-state index contributed by atoms with van der Waals surface area (Å²) in [6, 6.07) is 12.8.